The Morgan fingerprint density at radius 3 is 2.50 bits per heavy atom. The number of aliphatic hydroxyl groups excluding tert-OH is 1. The van der Waals surface area contributed by atoms with E-state index < -0.39 is 6.10 Å². The summed E-state index contributed by atoms with van der Waals surface area (Å²) < 4.78 is 1.26. The molecule has 102 valence electrons. The first-order valence-electron chi connectivity index (χ1n) is 6.28. The van der Waals surface area contributed by atoms with Crippen molar-refractivity contribution in [2.45, 2.75) is 12.5 Å². The Morgan fingerprint density at radius 2 is 1.90 bits per heavy atom. The summed E-state index contributed by atoms with van der Waals surface area (Å²) in [7, 11) is 0. The summed E-state index contributed by atoms with van der Waals surface area (Å²) in [5.41, 5.74) is 0.767. The van der Waals surface area contributed by atoms with Crippen LogP contribution >= 0.6 is 0 Å². The zero-order chi connectivity index (χ0) is 14.1. The Morgan fingerprint density at radius 1 is 1.15 bits per heavy atom. The molecule has 6 heteroatoms. The van der Waals surface area contributed by atoms with Crippen LogP contribution in [0.25, 0.3) is 5.69 Å². The molecule has 1 N–H and O–H groups in total. The summed E-state index contributed by atoms with van der Waals surface area (Å²) in [6.07, 6.45) is 0.866. The summed E-state index contributed by atoms with van der Waals surface area (Å²) >= 11 is 0. The summed E-state index contributed by atoms with van der Waals surface area (Å²) in [6, 6.07) is 10.4. The number of hydrogen-bond acceptors (Lipinski definition) is 4. The van der Waals surface area contributed by atoms with Gasteiger partial charge in [0.15, 0.2) is 0 Å². The van der Waals surface area contributed by atoms with Crippen molar-refractivity contribution in [1.82, 2.24) is 9.78 Å². The molecule has 0 bridgehead atoms. The Balaban J connectivity index is 1.96. The molecule has 1 aliphatic heterocycles. The normalized spacial score (nSPS) is 18.6. The van der Waals surface area contributed by atoms with E-state index >= 15 is 0 Å². The molecular formula is C14H13N3O3. The molecule has 6 nitrogen and oxygen atoms in total. The maximum Gasteiger partial charge on any atom is 0.273 e. The predicted molar refractivity (Wildman–Crippen MR) is 72.8 cm³/mol. The van der Waals surface area contributed by atoms with Crippen LogP contribution in [0.15, 0.2) is 47.4 Å². The van der Waals surface area contributed by atoms with Crippen molar-refractivity contribution in [2.75, 3.05) is 11.4 Å². The molecule has 0 aliphatic carbocycles. The van der Waals surface area contributed by atoms with Gasteiger partial charge in [-0.2, -0.15) is 9.78 Å². The second-order valence-corrected chi connectivity index (χ2v) is 4.66. The largest absolute Gasteiger partial charge is 0.391 e. The summed E-state index contributed by atoms with van der Waals surface area (Å²) in [5.74, 6) is -0.198. The van der Waals surface area contributed by atoms with Crippen molar-refractivity contribution in [3.63, 3.8) is 0 Å². The molecule has 0 saturated carbocycles. The van der Waals surface area contributed by atoms with Gasteiger partial charge in [-0.05, 0) is 12.1 Å². The number of hydrogen-bond donors (Lipinski definition) is 1. The van der Waals surface area contributed by atoms with E-state index in [0.29, 0.717) is 11.4 Å². The van der Waals surface area contributed by atoms with Gasteiger partial charge in [0, 0.05) is 6.07 Å². The molecule has 1 atom stereocenters. The Bertz CT molecular complexity index is 696. The number of β-amino-alcohol motifs (C(OH)–C–C–N with tert-alkyl or cyclic N) is 1. The zero-order valence-electron chi connectivity index (χ0n) is 10.6. The fourth-order valence-electron chi connectivity index (χ4n) is 2.25. The highest BCUT2D eigenvalue weighted by Gasteiger charge is 2.29. The van der Waals surface area contributed by atoms with E-state index in [1.165, 1.54) is 21.8 Å². The second kappa shape index (κ2) is 4.90. The van der Waals surface area contributed by atoms with Crippen LogP contribution in [0.5, 0.6) is 0 Å². The van der Waals surface area contributed by atoms with Crippen molar-refractivity contribution in [3.05, 3.63) is 52.9 Å². The lowest BCUT2D eigenvalue weighted by atomic mass is 10.3. The Hall–Kier alpha value is -2.47. The first-order valence-corrected chi connectivity index (χ1v) is 6.28. The van der Waals surface area contributed by atoms with Crippen LogP contribution in [0.4, 0.5) is 5.69 Å². The third kappa shape index (κ3) is 2.21. The number of aliphatic hydroxyl groups is 1. The molecule has 1 fully saturated rings. The van der Waals surface area contributed by atoms with E-state index in [-0.39, 0.29) is 24.4 Å². The zero-order valence-corrected chi connectivity index (χ0v) is 10.6. The topological polar surface area (TPSA) is 75.4 Å². The molecule has 1 aromatic heterocycles. The van der Waals surface area contributed by atoms with Gasteiger partial charge in [0.2, 0.25) is 5.91 Å². The number of amides is 1. The number of nitrogens with zero attached hydrogens (tertiary/aromatic N) is 3. The number of carbonyl (C=O) groups is 1. The minimum absolute atomic E-state index is 0.0851. The first kappa shape index (κ1) is 12.6. The van der Waals surface area contributed by atoms with Crippen LogP contribution in [0.2, 0.25) is 0 Å². The molecule has 1 unspecified atom stereocenters. The first-order chi connectivity index (χ1) is 9.65. The van der Waals surface area contributed by atoms with E-state index in [2.05, 4.69) is 5.10 Å². The number of anilines is 1. The van der Waals surface area contributed by atoms with Gasteiger partial charge in [0.05, 0.1) is 36.6 Å². The van der Waals surface area contributed by atoms with Crippen molar-refractivity contribution in [3.8, 4) is 5.69 Å². The van der Waals surface area contributed by atoms with Crippen LogP contribution in [0.3, 0.4) is 0 Å². The van der Waals surface area contributed by atoms with E-state index in [0.717, 1.165) is 0 Å². The number of aromatic nitrogens is 2. The molecule has 1 saturated heterocycles. The number of carbonyl (C=O) groups excluding carboxylic acids is 1. The molecule has 0 radical (unpaired) electrons. The SMILES string of the molecule is O=C1CC(O)CN1c1cnn(-c2ccccc2)c(=O)c1. The molecule has 3 rings (SSSR count). The monoisotopic (exact) mass is 271 g/mol. The molecule has 1 aromatic carbocycles. The summed E-state index contributed by atoms with van der Waals surface area (Å²) in [6.45, 7) is 0.204. The quantitative estimate of drug-likeness (QED) is 0.854. The highest BCUT2D eigenvalue weighted by atomic mass is 16.3. The highest BCUT2D eigenvalue weighted by molar-refractivity contribution is 5.95. The van der Waals surface area contributed by atoms with Gasteiger partial charge < -0.3 is 10.0 Å². The van der Waals surface area contributed by atoms with Gasteiger partial charge in [0.1, 0.15) is 0 Å². The van der Waals surface area contributed by atoms with Gasteiger partial charge >= 0.3 is 0 Å². The van der Waals surface area contributed by atoms with E-state index in [1.54, 1.807) is 12.1 Å². The fraction of sp³-hybridized carbons (Fsp3) is 0.214. The van der Waals surface area contributed by atoms with E-state index in [1.807, 2.05) is 18.2 Å². The summed E-state index contributed by atoms with van der Waals surface area (Å²) in [4.78, 5) is 25.1. The lowest BCUT2D eigenvalue weighted by Crippen LogP contribution is -2.29. The number of benzene rings is 1. The second-order valence-electron chi connectivity index (χ2n) is 4.66. The van der Waals surface area contributed by atoms with Crippen molar-refractivity contribution in [2.24, 2.45) is 0 Å². The fourth-order valence-corrected chi connectivity index (χ4v) is 2.25. The maximum absolute atomic E-state index is 12.1. The molecule has 1 aliphatic rings. The van der Waals surface area contributed by atoms with Crippen molar-refractivity contribution < 1.29 is 9.90 Å². The van der Waals surface area contributed by atoms with Crippen LogP contribution in [0.1, 0.15) is 6.42 Å². The number of rotatable bonds is 2. The molecule has 2 aromatic rings. The molecule has 20 heavy (non-hydrogen) atoms. The van der Waals surface area contributed by atoms with Gasteiger partial charge in [-0.15, -0.1) is 0 Å². The third-order valence-electron chi connectivity index (χ3n) is 3.20. The van der Waals surface area contributed by atoms with Gasteiger partial charge in [-0.25, -0.2) is 0 Å². The van der Waals surface area contributed by atoms with Crippen LogP contribution in [-0.4, -0.2) is 33.4 Å². The van der Waals surface area contributed by atoms with Gasteiger partial charge in [-0.1, -0.05) is 18.2 Å². The maximum atomic E-state index is 12.1. The standard InChI is InChI=1S/C14H13N3O3/c18-12-7-13(19)16(9-12)11-6-14(20)17(15-8-11)10-4-2-1-3-5-10/h1-6,8,12,18H,7,9H2. The van der Waals surface area contributed by atoms with Crippen LogP contribution in [0, 0.1) is 0 Å². The highest BCUT2D eigenvalue weighted by Crippen LogP contribution is 2.19. The van der Waals surface area contributed by atoms with Crippen molar-refractivity contribution >= 4 is 11.6 Å². The Labute approximate surface area is 114 Å². The summed E-state index contributed by atoms with van der Waals surface area (Å²) in [5, 5.41) is 13.5. The average molecular weight is 271 g/mol. The van der Waals surface area contributed by atoms with Crippen LogP contribution < -0.4 is 10.5 Å². The molecule has 2 heterocycles. The van der Waals surface area contributed by atoms with Gasteiger partial charge in [0.25, 0.3) is 5.56 Å². The average Bonchev–Trinajstić information content (AvgIpc) is 2.78. The third-order valence-corrected chi connectivity index (χ3v) is 3.20. The van der Waals surface area contributed by atoms with Gasteiger partial charge in [-0.3, -0.25) is 9.59 Å². The smallest absolute Gasteiger partial charge is 0.273 e. The molecule has 0 spiro atoms. The lowest BCUT2D eigenvalue weighted by molar-refractivity contribution is -0.117. The molecule has 1 amide bonds. The van der Waals surface area contributed by atoms with Crippen molar-refractivity contribution in [1.29, 1.82) is 0 Å². The van der Waals surface area contributed by atoms with Crippen LogP contribution in [-0.2, 0) is 4.79 Å². The number of para-hydroxylation sites is 1. The van der Waals surface area contributed by atoms with E-state index in [4.69, 9.17) is 0 Å². The Kier molecular flexibility index (Phi) is 3.08. The minimum atomic E-state index is -0.681. The lowest BCUT2D eigenvalue weighted by Gasteiger charge is -2.15. The molecular weight excluding hydrogens is 258 g/mol. The predicted octanol–water partition coefficient (Wildman–Crippen LogP) is 0.330. The van der Waals surface area contributed by atoms with E-state index in [9.17, 15) is 14.7 Å². The minimum Gasteiger partial charge on any atom is -0.391 e.